The Balaban J connectivity index is 1.71. The Morgan fingerprint density at radius 3 is 2.73 bits per heavy atom. The predicted molar refractivity (Wildman–Crippen MR) is 91.2 cm³/mol. The van der Waals surface area contributed by atoms with E-state index >= 15 is 0 Å². The van der Waals surface area contributed by atoms with Gasteiger partial charge in [-0.15, -0.1) is 0 Å². The number of ether oxygens (including phenoxy) is 1. The number of hydrogen-bond acceptors (Lipinski definition) is 4. The molecule has 2 heterocycles. The van der Waals surface area contributed by atoms with Crippen LogP contribution in [0.15, 0.2) is 46.1 Å². The lowest BCUT2D eigenvalue weighted by atomic mass is 10.1. The first-order valence-electron chi connectivity index (χ1n) is 7.23. The first kappa shape index (κ1) is 15.0. The van der Waals surface area contributed by atoms with E-state index in [-0.39, 0.29) is 0 Å². The first-order valence-corrected chi connectivity index (χ1v) is 8.03. The smallest absolute Gasteiger partial charge is 0.118 e. The molecule has 0 fully saturated rings. The van der Waals surface area contributed by atoms with Crippen LogP contribution in [0.3, 0.4) is 0 Å². The van der Waals surface area contributed by atoms with Gasteiger partial charge in [0.05, 0.1) is 25.1 Å². The minimum absolute atomic E-state index is 0.809. The van der Waals surface area contributed by atoms with Crippen LogP contribution in [0, 0.1) is 6.92 Å². The third-order valence-corrected chi connectivity index (χ3v) is 4.57. The molecule has 0 N–H and O–H groups in total. The van der Waals surface area contributed by atoms with Gasteiger partial charge in [0.2, 0.25) is 0 Å². The molecule has 2 aromatic rings. The van der Waals surface area contributed by atoms with Crippen LogP contribution >= 0.6 is 15.9 Å². The van der Waals surface area contributed by atoms with Gasteiger partial charge in [0, 0.05) is 23.6 Å². The third-order valence-electron chi connectivity index (χ3n) is 3.74. The lowest BCUT2D eigenvalue weighted by Gasteiger charge is -2.13. The predicted octanol–water partition coefficient (Wildman–Crippen LogP) is 3.77. The summed E-state index contributed by atoms with van der Waals surface area (Å²) in [6.07, 6.45) is 2.78. The molecule has 0 unspecified atom stereocenters. The Morgan fingerprint density at radius 1 is 1.27 bits per heavy atom. The van der Waals surface area contributed by atoms with Gasteiger partial charge in [-0.25, -0.2) is 0 Å². The average Bonchev–Trinajstić information content (AvgIpc) is 2.99. The van der Waals surface area contributed by atoms with Gasteiger partial charge < -0.3 is 4.74 Å². The standard InChI is InChI=1S/C17H18BrN3O/c1-12-9-17(19-10-15(12)18)16-7-8-21(20-16)11-13-3-5-14(22-2)6-4-13/h3-6,9-10H,7-8,11H2,1-2H3. The molecular weight excluding hydrogens is 342 g/mol. The van der Waals surface area contributed by atoms with Crippen molar-refractivity contribution in [3.63, 3.8) is 0 Å². The zero-order valence-corrected chi connectivity index (χ0v) is 14.3. The summed E-state index contributed by atoms with van der Waals surface area (Å²) < 4.78 is 6.21. The van der Waals surface area contributed by atoms with Crippen molar-refractivity contribution >= 4 is 21.6 Å². The Bertz CT molecular complexity index is 698. The molecule has 3 rings (SSSR count). The van der Waals surface area contributed by atoms with E-state index in [0.717, 1.165) is 41.1 Å². The number of methoxy groups -OCH3 is 1. The fourth-order valence-electron chi connectivity index (χ4n) is 2.44. The molecule has 4 nitrogen and oxygen atoms in total. The number of benzene rings is 1. The lowest BCUT2D eigenvalue weighted by Crippen LogP contribution is -2.13. The summed E-state index contributed by atoms with van der Waals surface area (Å²) in [5.41, 5.74) is 4.44. The molecule has 1 aliphatic heterocycles. The molecule has 22 heavy (non-hydrogen) atoms. The van der Waals surface area contributed by atoms with E-state index in [0.29, 0.717) is 0 Å². The third kappa shape index (κ3) is 3.30. The normalized spacial score (nSPS) is 14.1. The minimum atomic E-state index is 0.809. The van der Waals surface area contributed by atoms with Gasteiger partial charge in [0.25, 0.3) is 0 Å². The molecular formula is C17H18BrN3O. The van der Waals surface area contributed by atoms with Crippen LogP contribution in [0.4, 0.5) is 0 Å². The van der Waals surface area contributed by atoms with Gasteiger partial charge in [0.15, 0.2) is 0 Å². The summed E-state index contributed by atoms with van der Waals surface area (Å²) in [6.45, 7) is 3.81. The molecule has 1 aromatic heterocycles. The minimum Gasteiger partial charge on any atom is -0.497 e. The summed E-state index contributed by atoms with van der Waals surface area (Å²) in [5, 5.41) is 6.80. The summed E-state index contributed by atoms with van der Waals surface area (Å²) >= 11 is 3.48. The van der Waals surface area contributed by atoms with Crippen molar-refractivity contribution in [2.75, 3.05) is 13.7 Å². The van der Waals surface area contributed by atoms with Crippen molar-refractivity contribution in [3.8, 4) is 5.75 Å². The quantitative estimate of drug-likeness (QED) is 0.833. The van der Waals surface area contributed by atoms with Crippen molar-refractivity contribution in [3.05, 3.63) is 57.8 Å². The van der Waals surface area contributed by atoms with Crippen molar-refractivity contribution in [2.45, 2.75) is 19.9 Å². The van der Waals surface area contributed by atoms with Crippen molar-refractivity contribution in [1.82, 2.24) is 9.99 Å². The van der Waals surface area contributed by atoms with Gasteiger partial charge in [-0.3, -0.25) is 9.99 Å². The van der Waals surface area contributed by atoms with Gasteiger partial charge in [-0.1, -0.05) is 12.1 Å². The van der Waals surface area contributed by atoms with Crippen LogP contribution < -0.4 is 4.74 Å². The zero-order chi connectivity index (χ0) is 15.5. The molecule has 0 spiro atoms. The van der Waals surface area contributed by atoms with E-state index in [2.05, 4.69) is 51.0 Å². The maximum absolute atomic E-state index is 5.18. The maximum atomic E-state index is 5.18. The lowest BCUT2D eigenvalue weighted by molar-refractivity contribution is 0.310. The highest BCUT2D eigenvalue weighted by molar-refractivity contribution is 9.10. The van der Waals surface area contributed by atoms with E-state index in [1.807, 2.05) is 18.3 Å². The number of nitrogens with zero attached hydrogens (tertiary/aromatic N) is 3. The molecule has 0 bridgehead atoms. The fraction of sp³-hybridized carbons (Fsp3) is 0.294. The van der Waals surface area contributed by atoms with Crippen LogP contribution in [-0.2, 0) is 6.54 Å². The second-order valence-electron chi connectivity index (χ2n) is 5.35. The molecule has 0 saturated heterocycles. The van der Waals surface area contributed by atoms with E-state index < -0.39 is 0 Å². The van der Waals surface area contributed by atoms with Crippen molar-refractivity contribution < 1.29 is 4.74 Å². The monoisotopic (exact) mass is 359 g/mol. The number of rotatable bonds is 4. The number of aryl methyl sites for hydroxylation is 1. The molecule has 1 aliphatic rings. The second-order valence-corrected chi connectivity index (χ2v) is 6.21. The highest BCUT2D eigenvalue weighted by atomic mass is 79.9. The SMILES string of the molecule is COc1ccc(CN2CCC(c3cc(C)c(Br)cn3)=N2)cc1. The Kier molecular flexibility index (Phi) is 4.43. The Hall–Kier alpha value is -1.88. The van der Waals surface area contributed by atoms with Crippen LogP contribution in [0.1, 0.15) is 23.2 Å². The highest BCUT2D eigenvalue weighted by Crippen LogP contribution is 2.20. The first-order chi connectivity index (χ1) is 10.7. The largest absolute Gasteiger partial charge is 0.497 e. The van der Waals surface area contributed by atoms with Crippen LogP contribution in [0.2, 0.25) is 0 Å². The number of halogens is 1. The fourth-order valence-corrected chi connectivity index (χ4v) is 2.66. The maximum Gasteiger partial charge on any atom is 0.118 e. The zero-order valence-electron chi connectivity index (χ0n) is 12.7. The van der Waals surface area contributed by atoms with E-state index in [4.69, 9.17) is 9.84 Å². The Morgan fingerprint density at radius 2 is 2.05 bits per heavy atom. The summed E-state index contributed by atoms with van der Waals surface area (Å²) in [6, 6.07) is 10.2. The summed E-state index contributed by atoms with van der Waals surface area (Å²) in [4.78, 5) is 4.46. The molecule has 0 saturated carbocycles. The second kappa shape index (κ2) is 6.48. The summed E-state index contributed by atoms with van der Waals surface area (Å²) in [7, 11) is 1.68. The molecule has 1 aromatic carbocycles. The topological polar surface area (TPSA) is 37.7 Å². The molecule has 5 heteroatoms. The van der Waals surface area contributed by atoms with Crippen LogP contribution in [0.25, 0.3) is 0 Å². The van der Waals surface area contributed by atoms with E-state index in [1.165, 1.54) is 11.1 Å². The van der Waals surface area contributed by atoms with Crippen LogP contribution in [0.5, 0.6) is 5.75 Å². The van der Waals surface area contributed by atoms with Crippen LogP contribution in [-0.4, -0.2) is 29.4 Å². The van der Waals surface area contributed by atoms with Gasteiger partial charge in [-0.05, 0) is 52.2 Å². The van der Waals surface area contributed by atoms with Gasteiger partial charge in [-0.2, -0.15) is 5.10 Å². The van der Waals surface area contributed by atoms with Gasteiger partial charge in [0.1, 0.15) is 5.75 Å². The van der Waals surface area contributed by atoms with Crippen molar-refractivity contribution in [1.29, 1.82) is 0 Å². The number of pyridine rings is 1. The molecule has 0 aliphatic carbocycles. The van der Waals surface area contributed by atoms with E-state index in [1.54, 1.807) is 7.11 Å². The molecule has 0 radical (unpaired) electrons. The van der Waals surface area contributed by atoms with Crippen molar-refractivity contribution in [2.24, 2.45) is 5.10 Å². The molecule has 114 valence electrons. The number of aromatic nitrogens is 1. The molecule has 0 amide bonds. The number of hydrazone groups is 1. The Labute approximate surface area is 138 Å². The molecule has 0 atom stereocenters. The van der Waals surface area contributed by atoms with E-state index in [9.17, 15) is 0 Å². The number of hydrogen-bond donors (Lipinski definition) is 0. The average molecular weight is 360 g/mol. The highest BCUT2D eigenvalue weighted by Gasteiger charge is 2.17. The summed E-state index contributed by atoms with van der Waals surface area (Å²) in [5.74, 6) is 0.879. The van der Waals surface area contributed by atoms with Gasteiger partial charge >= 0.3 is 0 Å².